The molecular weight excluding hydrogens is 262 g/mol. The molecule has 0 saturated carbocycles. The summed E-state index contributed by atoms with van der Waals surface area (Å²) in [6.07, 6.45) is 0. The minimum atomic E-state index is -0.199. The fourth-order valence-corrected chi connectivity index (χ4v) is 2.09. The highest BCUT2D eigenvalue weighted by Crippen LogP contribution is 2.21. The third kappa shape index (κ3) is 4.33. The number of carbonyl (C=O) groups is 1. The van der Waals surface area contributed by atoms with Crippen LogP contribution in [0.3, 0.4) is 0 Å². The van der Waals surface area contributed by atoms with E-state index in [1.54, 1.807) is 0 Å². The number of benzene rings is 2. The molecule has 3 N–H and O–H groups in total. The van der Waals surface area contributed by atoms with E-state index in [2.05, 4.69) is 22.9 Å². The van der Waals surface area contributed by atoms with Crippen molar-refractivity contribution < 1.29 is 4.79 Å². The number of urea groups is 1. The highest BCUT2D eigenvalue weighted by atomic mass is 16.2. The Balaban J connectivity index is 1.97. The van der Waals surface area contributed by atoms with E-state index in [9.17, 15) is 4.79 Å². The van der Waals surface area contributed by atoms with E-state index in [1.165, 1.54) is 0 Å². The molecule has 0 heterocycles. The number of hydrogen-bond donors (Lipinski definition) is 3. The molecule has 0 aliphatic rings. The predicted molar refractivity (Wildman–Crippen MR) is 86.2 cm³/mol. The smallest absolute Gasteiger partial charge is 0.319 e. The Labute approximate surface area is 125 Å². The Kier molecular flexibility index (Phi) is 5.35. The summed E-state index contributed by atoms with van der Waals surface area (Å²) in [5, 5.41) is 8.95. The van der Waals surface area contributed by atoms with Crippen molar-refractivity contribution in [1.82, 2.24) is 10.6 Å². The van der Waals surface area contributed by atoms with Gasteiger partial charge in [-0.1, -0.05) is 48.5 Å². The number of amides is 2. The molecule has 0 aliphatic heterocycles. The van der Waals surface area contributed by atoms with Gasteiger partial charge >= 0.3 is 6.03 Å². The van der Waals surface area contributed by atoms with E-state index < -0.39 is 0 Å². The van der Waals surface area contributed by atoms with Gasteiger partial charge in [-0.2, -0.15) is 0 Å². The maximum absolute atomic E-state index is 12.0. The van der Waals surface area contributed by atoms with Crippen molar-refractivity contribution in [3.63, 3.8) is 0 Å². The van der Waals surface area contributed by atoms with Gasteiger partial charge in [-0.05, 0) is 31.2 Å². The van der Waals surface area contributed by atoms with Gasteiger partial charge < -0.3 is 16.0 Å². The molecule has 0 radical (unpaired) electrons. The SMILES string of the molecule is CNC(C)c1ccccc1NC(=O)NCc1ccccc1. The number of carbonyl (C=O) groups excluding carboxylic acids is 1. The minimum absolute atomic E-state index is 0.177. The summed E-state index contributed by atoms with van der Waals surface area (Å²) in [4.78, 5) is 12.0. The van der Waals surface area contributed by atoms with Crippen LogP contribution in [-0.4, -0.2) is 13.1 Å². The summed E-state index contributed by atoms with van der Waals surface area (Å²) < 4.78 is 0. The highest BCUT2D eigenvalue weighted by Gasteiger charge is 2.10. The molecule has 2 aromatic carbocycles. The lowest BCUT2D eigenvalue weighted by Crippen LogP contribution is -2.29. The van der Waals surface area contributed by atoms with Gasteiger partial charge in [0.1, 0.15) is 0 Å². The zero-order chi connectivity index (χ0) is 15.1. The predicted octanol–water partition coefficient (Wildman–Crippen LogP) is 3.29. The van der Waals surface area contributed by atoms with Crippen molar-refractivity contribution in [1.29, 1.82) is 0 Å². The molecule has 0 aliphatic carbocycles. The molecule has 0 bridgehead atoms. The largest absolute Gasteiger partial charge is 0.334 e. The first-order valence-corrected chi connectivity index (χ1v) is 7.05. The Hall–Kier alpha value is -2.33. The van der Waals surface area contributed by atoms with E-state index in [0.717, 1.165) is 16.8 Å². The molecule has 1 unspecified atom stereocenters. The summed E-state index contributed by atoms with van der Waals surface area (Å²) >= 11 is 0. The summed E-state index contributed by atoms with van der Waals surface area (Å²) in [5.74, 6) is 0. The molecule has 0 spiro atoms. The fourth-order valence-electron chi connectivity index (χ4n) is 2.09. The van der Waals surface area contributed by atoms with Gasteiger partial charge in [0.05, 0.1) is 0 Å². The lowest BCUT2D eigenvalue weighted by molar-refractivity contribution is 0.251. The number of rotatable bonds is 5. The van der Waals surface area contributed by atoms with Crippen molar-refractivity contribution in [3.05, 3.63) is 65.7 Å². The van der Waals surface area contributed by atoms with Crippen molar-refractivity contribution in [2.75, 3.05) is 12.4 Å². The molecule has 0 fully saturated rings. The first-order chi connectivity index (χ1) is 10.2. The molecule has 0 saturated heterocycles. The maximum atomic E-state index is 12.0. The molecule has 0 aromatic heterocycles. The molecule has 2 aromatic rings. The third-order valence-electron chi connectivity index (χ3n) is 3.40. The Morgan fingerprint density at radius 3 is 2.43 bits per heavy atom. The van der Waals surface area contributed by atoms with Crippen LogP contribution in [0, 0.1) is 0 Å². The minimum Gasteiger partial charge on any atom is -0.334 e. The van der Waals surface area contributed by atoms with Crippen LogP contribution < -0.4 is 16.0 Å². The van der Waals surface area contributed by atoms with Crippen LogP contribution in [-0.2, 0) is 6.54 Å². The Morgan fingerprint density at radius 2 is 1.71 bits per heavy atom. The van der Waals surface area contributed by atoms with E-state index in [0.29, 0.717) is 6.54 Å². The van der Waals surface area contributed by atoms with Crippen LogP contribution in [0.25, 0.3) is 0 Å². The van der Waals surface area contributed by atoms with Crippen molar-refractivity contribution >= 4 is 11.7 Å². The first-order valence-electron chi connectivity index (χ1n) is 7.05. The Morgan fingerprint density at radius 1 is 1.05 bits per heavy atom. The number of nitrogens with one attached hydrogen (secondary N) is 3. The topological polar surface area (TPSA) is 53.2 Å². The van der Waals surface area contributed by atoms with Crippen molar-refractivity contribution in [3.8, 4) is 0 Å². The van der Waals surface area contributed by atoms with Gasteiger partial charge in [-0.25, -0.2) is 4.79 Å². The Bertz CT molecular complexity index is 584. The van der Waals surface area contributed by atoms with Gasteiger partial charge in [0, 0.05) is 18.3 Å². The lowest BCUT2D eigenvalue weighted by atomic mass is 10.1. The van der Waals surface area contributed by atoms with Gasteiger partial charge in [0.2, 0.25) is 0 Å². The standard InChI is InChI=1S/C17H21N3O/c1-13(18-2)15-10-6-7-11-16(15)20-17(21)19-12-14-8-4-3-5-9-14/h3-11,13,18H,12H2,1-2H3,(H2,19,20,21). The zero-order valence-electron chi connectivity index (χ0n) is 12.4. The fraction of sp³-hybridized carbons (Fsp3) is 0.235. The molecule has 1 atom stereocenters. The zero-order valence-corrected chi connectivity index (χ0v) is 12.4. The van der Waals surface area contributed by atoms with Crippen LogP contribution in [0.1, 0.15) is 24.1 Å². The average Bonchev–Trinajstić information content (AvgIpc) is 2.54. The third-order valence-corrected chi connectivity index (χ3v) is 3.40. The van der Waals surface area contributed by atoms with Crippen LogP contribution >= 0.6 is 0 Å². The van der Waals surface area contributed by atoms with Crippen LogP contribution in [0.4, 0.5) is 10.5 Å². The molecule has 110 valence electrons. The summed E-state index contributed by atoms with van der Waals surface area (Å²) in [6.45, 7) is 2.57. The van der Waals surface area contributed by atoms with Gasteiger partial charge in [0.15, 0.2) is 0 Å². The van der Waals surface area contributed by atoms with Gasteiger partial charge in [0.25, 0.3) is 0 Å². The summed E-state index contributed by atoms with van der Waals surface area (Å²) in [7, 11) is 1.90. The lowest BCUT2D eigenvalue weighted by Gasteiger charge is -2.16. The summed E-state index contributed by atoms with van der Waals surface area (Å²) in [6, 6.07) is 17.6. The van der Waals surface area contributed by atoms with Crippen LogP contribution in [0.15, 0.2) is 54.6 Å². The highest BCUT2D eigenvalue weighted by molar-refractivity contribution is 5.90. The number of hydrogen-bond acceptors (Lipinski definition) is 2. The van der Waals surface area contributed by atoms with Crippen molar-refractivity contribution in [2.24, 2.45) is 0 Å². The maximum Gasteiger partial charge on any atom is 0.319 e. The van der Waals surface area contributed by atoms with Gasteiger partial charge in [-0.3, -0.25) is 0 Å². The van der Waals surface area contributed by atoms with E-state index in [1.807, 2.05) is 61.6 Å². The van der Waals surface area contributed by atoms with Crippen molar-refractivity contribution in [2.45, 2.75) is 19.5 Å². The quantitative estimate of drug-likeness (QED) is 0.788. The van der Waals surface area contributed by atoms with Gasteiger partial charge in [-0.15, -0.1) is 0 Å². The second-order valence-corrected chi connectivity index (χ2v) is 4.89. The monoisotopic (exact) mass is 283 g/mol. The second kappa shape index (κ2) is 7.45. The first kappa shape index (κ1) is 15.1. The molecule has 4 heteroatoms. The summed E-state index contributed by atoms with van der Waals surface area (Å²) in [5.41, 5.74) is 2.96. The van der Waals surface area contributed by atoms with E-state index in [4.69, 9.17) is 0 Å². The second-order valence-electron chi connectivity index (χ2n) is 4.89. The molecule has 21 heavy (non-hydrogen) atoms. The van der Waals surface area contributed by atoms with E-state index in [-0.39, 0.29) is 12.1 Å². The molecule has 2 rings (SSSR count). The number of para-hydroxylation sites is 1. The van der Waals surface area contributed by atoms with E-state index >= 15 is 0 Å². The number of anilines is 1. The molecule has 2 amide bonds. The molecular formula is C17H21N3O. The normalized spacial score (nSPS) is 11.7. The average molecular weight is 283 g/mol. The molecule has 4 nitrogen and oxygen atoms in total. The van der Waals surface area contributed by atoms with Crippen LogP contribution in [0.5, 0.6) is 0 Å². The van der Waals surface area contributed by atoms with Crippen LogP contribution in [0.2, 0.25) is 0 Å².